The van der Waals surface area contributed by atoms with E-state index in [1.807, 2.05) is 0 Å². The summed E-state index contributed by atoms with van der Waals surface area (Å²) in [5.74, 6) is -0.206. The molecule has 1 aliphatic heterocycles. The molecule has 7 nitrogen and oxygen atoms in total. The third-order valence-corrected chi connectivity index (χ3v) is 5.11. The predicted molar refractivity (Wildman–Crippen MR) is 71.1 cm³/mol. The number of fused-ring (bicyclic) bond motifs is 1. The van der Waals surface area contributed by atoms with Gasteiger partial charge in [-0.2, -0.15) is 0 Å². The molecule has 2 aromatic heterocycles. The normalized spacial score (nSPS) is 21.1. The number of hydrogen-bond donors (Lipinski definition) is 1. The van der Waals surface area contributed by atoms with Crippen molar-refractivity contribution in [2.45, 2.75) is 19.4 Å². The summed E-state index contributed by atoms with van der Waals surface area (Å²) < 4.78 is 27.7. The van der Waals surface area contributed by atoms with Gasteiger partial charge < -0.3 is 9.84 Å². The van der Waals surface area contributed by atoms with Crippen molar-refractivity contribution in [2.24, 2.45) is 0 Å². The second-order valence-corrected chi connectivity index (χ2v) is 7.15. The van der Waals surface area contributed by atoms with Gasteiger partial charge in [0, 0.05) is 12.2 Å². The van der Waals surface area contributed by atoms with Gasteiger partial charge in [-0.3, -0.25) is 4.79 Å². The Hall–Kier alpha value is -1.96. The smallest absolute Gasteiger partial charge is 0.257 e. The molecule has 0 radical (unpaired) electrons. The third-order valence-electron chi connectivity index (χ3n) is 3.34. The van der Waals surface area contributed by atoms with E-state index in [4.69, 9.17) is 4.52 Å². The molecule has 0 aromatic carbocycles. The molecule has 1 atom stereocenters. The molecule has 0 saturated carbocycles. The van der Waals surface area contributed by atoms with Crippen molar-refractivity contribution >= 4 is 26.8 Å². The van der Waals surface area contributed by atoms with Crippen molar-refractivity contribution in [3.8, 4) is 0 Å². The van der Waals surface area contributed by atoms with Crippen LogP contribution in [0.3, 0.4) is 0 Å². The molecule has 3 heterocycles. The Balaban J connectivity index is 1.80. The number of aryl methyl sites for hydroxylation is 1. The van der Waals surface area contributed by atoms with Crippen LogP contribution >= 0.6 is 0 Å². The third kappa shape index (κ3) is 2.38. The van der Waals surface area contributed by atoms with Gasteiger partial charge in [-0.15, -0.1) is 0 Å². The van der Waals surface area contributed by atoms with Crippen molar-refractivity contribution in [2.75, 3.05) is 11.5 Å². The number of pyridine rings is 1. The molecule has 1 unspecified atom stereocenters. The highest BCUT2D eigenvalue weighted by Gasteiger charge is 2.29. The molecule has 1 aliphatic rings. The summed E-state index contributed by atoms with van der Waals surface area (Å²) in [7, 11) is -3.01. The van der Waals surface area contributed by atoms with Gasteiger partial charge in [0.1, 0.15) is 0 Å². The molecule has 2 aromatic rings. The van der Waals surface area contributed by atoms with Crippen LogP contribution in [0.4, 0.5) is 0 Å². The molecule has 0 spiro atoms. The van der Waals surface area contributed by atoms with Crippen LogP contribution in [0.15, 0.2) is 16.8 Å². The summed E-state index contributed by atoms with van der Waals surface area (Å²) >= 11 is 0. The summed E-state index contributed by atoms with van der Waals surface area (Å²) in [6.45, 7) is 1.76. The van der Waals surface area contributed by atoms with Crippen molar-refractivity contribution < 1.29 is 17.7 Å². The van der Waals surface area contributed by atoms with Gasteiger partial charge in [-0.25, -0.2) is 13.4 Å². The number of rotatable bonds is 2. The Morgan fingerprint density at radius 1 is 1.50 bits per heavy atom. The van der Waals surface area contributed by atoms with Gasteiger partial charge in [0.2, 0.25) is 0 Å². The van der Waals surface area contributed by atoms with Crippen LogP contribution in [0, 0.1) is 6.92 Å². The van der Waals surface area contributed by atoms with Crippen molar-refractivity contribution in [1.82, 2.24) is 15.5 Å². The molecule has 1 amide bonds. The maximum atomic E-state index is 12.1. The maximum absolute atomic E-state index is 12.1. The molecule has 8 heteroatoms. The van der Waals surface area contributed by atoms with Gasteiger partial charge in [0.05, 0.1) is 28.1 Å². The number of amides is 1. The standard InChI is InChI=1S/C12H13N3O4S/c1-7-10-4-8(5-13-12(10)19-15-7)11(16)14-9-2-3-20(17,18)6-9/h4-5,9H,2-3,6H2,1H3,(H,14,16). The number of hydrogen-bond acceptors (Lipinski definition) is 6. The highest BCUT2D eigenvalue weighted by molar-refractivity contribution is 7.91. The van der Waals surface area contributed by atoms with E-state index in [0.717, 1.165) is 0 Å². The number of carbonyl (C=O) groups is 1. The number of sulfone groups is 1. The first kappa shape index (κ1) is 13.0. The van der Waals surface area contributed by atoms with Crippen LogP contribution < -0.4 is 5.32 Å². The van der Waals surface area contributed by atoms with E-state index >= 15 is 0 Å². The number of carbonyl (C=O) groups excluding carboxylic acids is 1. The Kier molecular flexibility index (Phi) is 2.97. The molecular weight excluding hydrogens is 282 g/mol. The van der Waals surface area contributed by atoms with Crippen molar-refractivity contribution in [3.05, 3.63) is 23.5 Å². The molecule has 20 heavy (non-hydrogen) atoms. The number of nitrogens with zero attached hydrogens (tertiary/aromatic N) is 2. The first-order chi connectivity index (χ1) is 9.44. The minimum atomic E-state index is -3.01. The molecule has 1 N–H and O–H groups in total. The second-order valence-electron chi connectivity index (χ2n) is 4.92. The van der Waals surface area contributed by atoms with E-state index < -0.39 is 9.84 Å². The highest BCUT2D eigenvalue weighted by Crippen LogP contribution is 2.17. The van der Waals surface area contributed by atoms with Crippen molar-refractivity contribution in [3.63, 3.8) is 0 Å². The fourth-order valence-electron chi connectivity index (χ4n) is 2.25. The average molecular weight is 295 g/mol. The fourth-order valence-corrected chi connectivity index (χ4v) is 3.92. The van der Waals surface area contributed by atoms with Gasteiger partial charge in [-0.05, 0) is 19.4 Å². The second kappa shape index (κ2) is 4.55. The topological polar surface area (TPSA) is 102 Å². The summed E-state index contributed by atoms with van der Waals surface area (Å²) in [6.07, 6.45) is 1.85. The number of aromatic nitrogens is 2. The molecule has 106 valence electrons. The maximum Gasteiger partial charge on any atom is 0.257 e. The molecule has 3 rings (SSSR count). The number of nitrogens with one attached hydrogen (secondary N) is 1. The van der Waals surface area contributed by atoms with E-state index in [9.17, 15) is 13.2 Å². The van der Waals surface area contributed by atoms with E-state index in [1.165, 1.54) is 6.20 Å². The van der Waals surface area contributed by atoms with Crippen LogP contribution in [0.2, 0.25) is 0 Å². The van der Waals surface area contributed by atoms with Crippen LogP contribution in [-0.4, -0.2) is 42.0 Å². The Morgan fingerprint density at radius 2 is 2.30 bits per heavy atom. The zero-order valence-electron chi connectivity index (χ0n) is 10.8. The lowest BCUT2D eigenvalue weighted by atomic mass is 10.2. The van der Waals surface area contributed by atoms with Crippen LogP contribution in [0.25, 0.3) is 11.1 Å². The summed E-state index contributed by atoms with van der Waals surface area (Å²) in [5, 5.41) is 7.17. The predicted octanol–water partition coefficient (Wildman–Crippen LogP) is 0.448. The van der Waals surface area contributed by atoms with Crippen LogP contribution in [0.1, 0.15) is 22.5 Å². The lowest BCUT2D eigenvalue weighted by molar-refractivity contribution is 0.0941. The molecule has 0 bridgehead atoms. The monoisotopic (exact) mass is 295 g/mol. The first-order valence-electron chi connectivity index (χ1n) is 6.18. The van der Waals surface area contributed by atoms with E-state index in [2.05, 4.69) is 15.5 Å². The Bertz CT molecular complexity index is 781. The van der Waals surface area contributed by atoms with Crippen LogP contribution in [0.5, 0.6) is 0 Å². The van der Waals surface area contributed by atoms with Gasteiger partial charge >= 0.3 is 0 Å². The van der Waals surface area contributed by atoms with Gasteiger partial charge in [0.15, 0.2) is 9.84 Å². The zero-order valence-corrected chi connectivity index (χ0v) is 11.6. The Morgan fingerprint density at radius 3 is 3.00 bits per heavy atom. The van der Waals surface area contributed by atoms with Crippen molar-refractivity contribution in [1.29, 1.82) is 0 Å². The molecule has 0 aliphatic carbocycles. The SMILES string of the molecule is Cc1noc2ncc(C(=O)NC3CCS(=O)(=O)C3)cc12. The zero-order chi connectivity index (χ0) is 14.3. The van der Waals surface area contributed by atoms with Crippen LogP contribution in [-0.2, 0) is 9.84 Å². The molecule has 1 saturated heterocycles. The van der Waals surface area contributed by atoms with E-state index in [0.29, 0.717) is 28.8 Å². The summed E-state index contributed by atoms with van der Waals surface area (Å²) in [4.78, 5) is 16.1. The van der Waals surface area contributed by atoms with E-state index in [1.54, 1.807) is 13.0 Å². The van der Waals surface area contributed by atoms with E-state index in [-0.39, 0.29) is 23.5 Å². The minimum Gasteiger partial charge on any atom is -0.348 e. The highest BCUT2D eigenvalue weighted by atomic mass is 32.2. The molecular formula is C12H13N3O4S. The lowest BCUT2D eigenvalue weighted by Crippen LogP contribution is -2.35. The first-order valence-corrected chi connectivity index (χ1v) is 8.00. The summed E-state index contributed by atoms with van der Waals surface area (Å²) in [5.41, 5.74) is 1.40. The molecule has 1 fully saturated rings. The van der Waals surface area contributed by atoms with Gasteiger partial charge in [0.25, 0.3) is 11.6 Å². The summed E-state index contributed by atoms with van der Waals surface area (Å²) in [6, 6.07) is 1.32. The van der Waals surface area contributed by atoms with Gasteiger partial charge in [-0.1, -0.05) is 5.16 Å². The lowest BCUT2D eigenvalue weighted by Gasteiger charge is -2.10. The fraction of sp³-hybridized carbons (Fsp3) is 0.417. The Labute approximate surface area is 115 Å². The minimum absolute atomic E-state index is 0.000701. The quantitative estimate of drug-likeness (QED) is 0.863. The average Bonchev–Trinajstić information content (AvgIpc) is 2.93. The largest absolute Gasteiger partial charge is 0.348 e.